The van der Waals surface area contributed by atoms with E-state index in [9.17, 15) is 0 Å². The summed E-state index contributed by atoms with van der Waals surface area (Å²) in [4.78, 5) is 0. The fourth-order valence-electron chi connectivity index (χ4n) is 1.68. The van der Waals surface area contributed by atoms with Crippen molar-refractivity contribution < 1.29 is 9.47 Å². The Morgan fingerprint density at radius 1 is 1.50 bits per heavy atom. The first-order valence-electron chi connectivity index (χ1n) is 4.80. The molecule has 0 saturated heterocycles. The average molecular weight is 193 g/mol. The van der Waals surface area contributed by atoms with Gasteiger partial charge in [-0.1, -0.05) is 0 Å². The molecule has 0 unspecified atom stereocenters. The van der Waals surface area contributed by atoms with Gasteiger partial charge in [0.15, 0.2) is 0 Å². The van der Waals surface area contributed by atoms with Gasteiger partial charge in [0.05, 0.1) is 7.11 Å². The van der Waals surface area contributed by atoms with Crippen LogP contribution in [0.1, 0.15) is 5.56 Å². The summed E-state index contributed by atoms with van der Waals surface area (Å²) < 4.78 is 10.8. The zero-order chi connectivity index (χ0) is 9.97. The second-order valence-electron chi connectivity index (χ2n) is 3.47. The summed E-state index contributed by atoms with van der Waals surface area (Å²) in [5.74, 6) is 1.88. The van der Waals surface area contributed by atoms with Crippen molar-refractivity contribution in [3.05, 3.63) is 23.8 Å². The van der Waals surface area contributed by atoms with Crippen LogP contribution < -0.4 is 14.8 Å². The van der Waals surface area contributed by atoms with Crippen LogP contribution in [0.2, 0.25) is 0 Å². The Labute approximate surface area is 84.0 Å². The first kappa shape index (κ1) is 9.34. The Kier molecular flexibility index (Phi) is 2.59. The van der Waals surface area contributed by atoms with Crippen LogP contribution in [0.5, 0.6) is 11.5 Å². The van der Waals surface area contributed by atoms with Crippen LogP contribution in [0.3, 0.4) is 0 Å². The predicted octanol–water partition coefficient (Wildman–Crippen LogP) is 1.22. The number of nitrogens with one attached hydrogen (secondary N) is 1. The molecule has 0 aliphatic carbocycles. The van der Waals surface area contributed by atoms with Gasteiger partial charge in [-0.15, -0.1) is 0 Å². The molecule has 0 fully saturated rings. The summed E-state index contributed by atoms with van der Waals surface area (Å²) in [5, 5.41) is 3.22. The Balaban J connectivity index is 2.25. The topological polar surface area (TPSA) is 30.5 Å². The minimum absolute atomic E-state index is 0.412. The molecular formula is C11H15NO2. The van der Waals surface area contributed by atoms with E-state index < -0.39 is 0 Å². The van der Waals surface area contributed by atoms with Crippen molar-refractivity contribution in [2.24, 2.45) is 0 Å². The van der Waals surface area contributed by atoms with Gasteiger partial charge >= 0.3 is 0 Å². The first-order chi connectivity index (χ1) is 6.83. The number of benzene rings is 1. The zero-order valence-corrected chi connectivity index (χ0v) is 8.54. The van der Waals surface area contributed by atoms with Gasteiger partial charge in [0, 0.05) is 6.04 Å². The number of hydrogen-bond acceptors (Lipinski definition) is 3. The van der Waals surface area contributed by atoms with Crippen molar-refractivity contribution in [1.29, 1.82) is 0 Å². The molecule has 76 valence electrons. The van der Waals surface area contributed by atoms with E-state index in [0.29, 0.717) is 6.04 Å². The lowest BCUT2D eigenvalue weighted by molar-refractivity contribution is 0.245. The van der Waals surface area contributed by atoms with E-state index in [-0.39, 0.29) is 0 Å². The summed E-state index contributed by atoms with van der Waals surface area (Å²) in [6.45, 7) is 0.746. The minimum Gasteiger partial charge on any atom is -0.497 e. The van der Waals surface area contributed by atoms with Crippen LogP contribution in [0.4, 0.5) is 0 Å². The van der Waals surface area contributed by atoms with Gasteiger partial charge < -0.3 is 14.8 Å². The Morgan fingerprint density at radius 2 is 2.36 bits per heavy atom. The molecule has 0 radical (unpaired) electrons. The summed E-state index contributed by atoms with van der Waals surface area (Å²) in [7, 11) is 3.64. The van der Waals surface area contributed by atoms with Crippen molar-refractivity contribution >= 4 is 0 Å². The number of rotatable bonds is 2. The molecule has 0 spiro atoms. The van der Waals surface area contributed by atoms with Crippen molar-refractivity contribution in [3.63, 3.8) is 0 Å². The van der Waals surface area contributed by atoms with E-state index in [4.69, 9.17) is 9.47 Å². The molecule has 3 nitrogen and oxygen atoms in total. The highest BCUT2D eigenvalue weighted by molar-refractivity contribution is 5.41. The maximum Gasteiger partial charge on any atom is 0.122 e. The SMILES string of the molecule is CN[C@@H]1COc2ccc(OC)cc2C1. The Bertz CT molecular complexity index is 325. The summed E-state index contributed by atoms with van der Waals surface area (Å²) >= 11 is 0. The van der Waals surface area contributed by atoms with Crippen LogP contribution in [-0.2, 0) is 6.42 Å². The summed E-state index contributed by atoms with van der Waals surface area (Å²) in [6, 6.07) is 6.35. The molecule has 2 rings (SSSR count). The lowest BCUT2D eigenvalue weighted by atomic mass is 10.0. The third kappa shape index (κ3) is 1.68. The maximum atomic E-state index is 5.61. The van der Waals surface area contributed by atoms with E-state index in [1.165, 1.54) is 5.56 Å². The molecule has 0 saturated carbocycles. The van der Waals surface area contributed by atoms with E-state index >= 15 is 0 Å². The third-order valence-electron chi connectivity index (χ3n) is 2.58. The maximum absolute atomic E-state index is 5.61. The molecular weight excluding hydrogens is 178 g/mol. The van der Waals surface area contributed by atoms with Gasteiger partial charge in [0.1, 0.15) is 18.1 Å². The van der Waals surface area contributed by atoms with E-state index in [1.54, 1.807) is 7.11 Å². The van der Waals surface area contributed by atoms with Gasteiger partial charge in [0.2, 0.25) is 0 Å². The van der Waals surface area contributed by atoms with Crippen molar-refractivity contribution in [3.8, 4) is 11.5 Å². The molecule has 14 heavy (non-hydrogen) atoms. The molecule has 1 atom stereocenters. The molecule has 1 heterocycles. The van der Waals surface area contributed by atoms with Crippen LogP contribution in [0.15, 0.2) is 18.2 Å². The highest BCUT2D eigenvalue weighted by atomic mass is 16.5. The van der Waals surface area contributed by atoms with E-state index in [0.717, 1.165) is 24.5 Å². The van der Waals surface area contributed by atoms with Gasteiger partial charge in [0.25, 0.3) is 0 Å². The highest BCUT2D eigenvalue weighted by Gasteiger charge is 2.18. The van der Waals surface area contributed by atoms with E-state index in [2.05, 4.69) is 5.32 Å². The van der Waals surface area contributed by atoms with Crippen LogP contribution in [0.25, 0.3) is 0 Å². The number of likely N-dealkylation sites (N-methyl/N-ethyl adjacent to an activating group) is 1. The minimum atomic E-state index is 0.412. The molecule has 1 aliphatic heterocycles. The monoisotopic (exact) mass is 193 g/mol. The average Bonchev–Trinajstić information content (AvgIpc) is 2.27. The van der Waals surface area contributed by atoms with E-state index in [1.807, 2.05) is 25.2 Å². The fourth-order valence-corrected chi connectivity index (χ4v) is 1.68. The lowest BCUT2D eigenvalue weighted by Crippen LogP contribution is -2.36. The normalized spacial score (nSPS) is 19.7. The molecule has 3 heteroatoms. The second-order valence-corrected chi connectivity index (χ2v) is 3.47. The lowest BCUT2D eigenvalue weighted by Gasteiger charge is -2.25. The van der Waals surface area contributed by atoms with Gasteiger partial charge in [-0.3, -0.25) is 0 Å². The number of methoxy groups -OCH3 is 1. The molecule has 0 aromatic heterocycles. The third-order valence-corrected chi connectivity index (χ3v) is 2.58. The summed E-state index contributed by atoms with van der Waals surface area (Å²) in [5.41, 5.74) is 1.22. The number of ether oxygens (including phenoxy) is 2. The first-order valence-corrected chi connectivity index (χ1v) is 4.80. The Hall–Kier alpha value is -1.22. The van der Waals surface area contributed by atoms with Gasteiger partial charge in [-0.05, 0) is 37.2 Å². The highest BCUT2D eigenvalue weighted by Crippen LogP contribution is 2.28. The summed E-state index contributed by atoms with van der Waals surface area (Å²) in [6.07, 6.45) is 1.00. The zero-order valence-electron chi connectivity index (χ0n) is 8.54. The smallest absolute Gasteiger partial charge is 0.122 e. The Morgan fingerprint density at radius 3 is 3.07 bits per heavy atom. The largest absolute Gasteiger partial charge is 0.497 e. The van der Waals surface area contributed by atoms with Gasteiger partial charge in [-0.2, -0.15) is 0 Å². The molecule has 1 aliphatic rings. The fraction of sp³-hybridized carbons (Fsp3) is 0.455. The van der Waals surface area contributed by atoms with Crippen molar-refractivity contribution in [2.45, 2.75) is 12.5 Å². The molecule has 0 bridgehead atoms. The molecule has 1 N–H and O–H groups in total. The molecule has 1 aromatic rings. The second kappa shape index (κ2) is 3.88. The standard InChI is InChI=1S/C11H15NO2/c1-12-9-5-8-6-10(13-2)3-4-11(8)14-7-9/h3-4,6,9,12H,5,7H2,1-2H3/t9-/m0/s1. The van der Waals surface area contributed by atoms with Crippen LogP contribution >= 0.6 is 0 Å². The number of fused-ring (bicyclic) bond motifs is 1. The van der Waals surface area contributed by atoms with Gasteiger partial charge in [-0.25, -0.2) is 0 Å². The predicted molar refractivity (Wildman–Crippen MR) is 55.0 cm³/mol. The number of hydrogen-bond donors (Lipinski definition) is 1. The van der Waals surface area contributed by atoms with Crippen LogP contribution in [-0.4, -0.2) is 26.8 Å². The van der Waals surface area contributed by atoms with Crippen molar-refractivity contribution in [2.75, 3.05) is 20.8 Å². The molecule has 0 amide bonds. The quantitative estimate of drug-likeness (QED) is 0.766. The van der Waals surface area contributed by atoms with Crippen LogP contribution in [0, 0.1) is 0 Å². The molecule has 1 aromatic carbocycles. The van der Waals surface area contributed by atoms with Crippen molar-refractivity contribution in [1.82, 2.24) is 5.32 Å².